The number of benzene rings is 1. The molecule has 0 aliphatic rings. The van der Waals surface area contributed by atoms with Crippen molar-refractivity contribution in [1.29, 1.82) is 0 Å². The molecule has 2 aromatic rings. The summed E-state index contributed by atoms with van der Waals surface area (Å²) in [7, 11) is 0. The average Bonchev–Trinajstić information content (AvgIpc) is 2.40. The zero-order valence-electron chi connectivity index (χ0n) is 12.0. The summed E-state index contributed by atoms with van der Waals surface area (Å²) < 4.78 is 0.876. The summed E-state index contributed by atoms with van der Waals surface area (Å²) in [6.45, 7) is 3.45. The van der Waals surface area contributed by atoms with Gasteiger partial charge in [-0.05, 0) is 26.0 Å². The first-order chi connectivity index (χ1) is 9.78. The topological polar surface area (TPSA) is 110 Å². The molecule has 1 aromatic heterocycles. The number of hydrogen-bond donors (Lipinski definition) is 3. The monoisotopic (exact) mass is 290 g/mol. The fourth-order valence-electron chi connectivity index (χ4n) is 1.87. The number of nitrogens with zero attached hydrogens (tertiary/aromatic N) is 1. The number of nitrogens with two attached hydrogens (primary N) is 1. The maximum Gasteiger partial charge on any atom is 0.329 e. The van der Waals surface area contributed by atoms with Crippen LogP contribution >= 0.6 is 0 Å². The highest BCUT2D eigenvalue weighted by atomic mass is 16.2. The van der Waals surface area contributed by atoms with Crippen LogP contribution in [0.25, 0.3) is 10.9 Å². The minimum atomic E-state index is -0.610. The number of nitrogens with one attached hydrogen (secondary N) is 2. The first-order valence-electron chi connectivity index (χ1n) is 6.55. The Balaban J connectivity index is 2.29. The van der Waals surface area contributed by atoms with Gasteiger partial charge in [0.15, 0.2) is 0 Å². The van der Waals surface area contributed by atoms with E-state index in [1.165, 1.54) is 0 Å². The van der Waals surface area contributed by atoms with Gasteiger partial charge in [-0.25, -0.2) is 4.79 Å². The number of aromatic nitrogens is 2. The van der Waals surface area contributed by atoms with Gasteiger partial charge in [-0.1, -0.05) is 12.1 Å². The number of fused-ring (bicyclic) bond motifs is 1. The van der Waals surface area contributed by atoms with E-state index in [1.807, 2.05) is 0 Å². The van der Waals surface area contributed by atoms with Gasteiger partial charge in [-0.2, -0.15) is 0 Å². The van der Waals surface area contributed by atoms with Crippen molar-refractivity contribution in [3.05, 3.63) is 45.1 Å². The molecule has 0 aliphatic carbocycles. The second kappa shape index (κ2) is 5.53. The van der Waals surface area contributed by atoms with Crippen molar-refractivity contribution in [1.82, 2.24) is 14.9 Å². The maximum absolute atomic E-state index is 12.2. The molecular weight excluding hydrogens is 272 g/mol. The van der Waals surface area contributed by atoms with Gasteiger partial charge in [0.1, 0.15) is 6.54 Å². The van der Waals surface area contributed by atoms with Crippen LogP contribution < -0.4 is 22.3 Å². The van der Waals surface area contributed by atoms with Crippen LogP contribution in [0, 0.1) is 0 Å². The Morgan fingerprint density at radius 1 is 1.33 bits per heavy atom. The van der Waals surface area contributed by atoms with Crippen LogP contribution in [0.1, 0.15) is 13.8 Å². The van der Waals surface area contributed by atoms with E-state index in [0.29, 0.717) is 10.9 Å². The number of aromatic amines is 1. The molecule has 2 rings (SSSR count). The Hall–Kier alpha value is -2.41. The molecule has 4 N–H and O–H groups in total. The largest absolute Gasteiger partial charge is 0.353 e. The van der Waals surface area contributed by atoms with E-state index in [-0.39, 0.29) is 13.1 Å². The molecule has 7 nitrogen and oxygen atoms in total. The van der Waals surface area contributed by atoms with Crippen LogP contribution in [0.4, 0.5) is 0 Å². The lowest BCUT2D eigenvalue weighted by Crippen LogP contribution is -2.47. The smallest absolute Gasteiger partial charge is 0.329 e. The molecule has 0 fully saturated rings. The van der Waals surface area contributed by atoms with Crippen molar-refractivity contribution in [2.75, 3.05) is 6.54 Å². The molecule has 21 heavy (non-hydrogen) atoms. The van der Waals surface area contributed by atoms with Gasteiger partial charge in [0.05, 0.1) is 10.9 Å². The fraction of sp³-hybridized carbons (Fsp3) is 0.357. The molecule has 1 aromatic carbocycles. The van der Waals surface area contributed by atoms with Crippen LogP contribution in [0.15, 0.2) is 33.9 Å². The van der Waals surface area contributed by atoms with E-state index >= 15 is 0 Å². The molecule has 112 valence electrons. The quantitative estimate of drug-likeness (QED) is 0.708. The van der Waals surface area contributed by atoms with E-state index < -0.39 is 22.7 Å². The van der Waals surface area contributed by atoms with E-state index in [0.717, 1.165) is 4.57 Å². The van der Waals surface area contributed by atoms with Gasteiger partial charge >= 0.3 is 5.69 Å². The highest BCUT2D eigenvalue weighted by Gasteiger charge is 2.14. The van der Waals surface area contributed by atoms with Crippen LogP contribution in [0.2, 0.25) is 0 Å². The van der Waals surface area contributed by atoms with E-state index in [4.69, 9.17) is 5.73 Å². The SMILES string of the molecule is CC(C)(N)CNC(=O)Cn1c(=O)[nH]c2ccccc2c1=O. The van der Waals surface area contributed by atoms with Crippen molar-refractivity contribution in [3.63, 3.8) is 0 Å². The Morgan fingerprint density at radius 2 is 2.00 bits per heavy atom. The minimum absolute atomic E-state index is 0.256. The summed E-state index contributed by atoms with van der Waals surface area (Å²) in [5.74, 6) is -0.434. The van der Waals surface area contributed by atoms with Crippen LogP contribution in [0.5, 0.6) is 0 Å². The van der Waals surface area contributed by atoms with Gasteiger partial charge in [0, 0.05) is 12.1 Å². The van der Waals surface area contributed by atoms with Gasteiger partial charge in [-0.3, -0.25) is 14.2 Å². The molecular formula is C14H18N4O3. The van der Waals surface area contributed by atoms with Gasteiger partial charge < -0.3 is 16.0 Å². The lowest BCUT2D eigenvalue weighted by Gasteiger charge is -2.18. The molecule has 0 atom stereocenters. The first kappa shape index (κ1) is 15.0. The van der Waals surface area contributed by atoms with Crippen molar-refractivity contribution in [2.45, 2.75) is 25.9 Å². The predicted octanol–water partition coefficient (Wildman–Crippen LogP) is -0.457. The Morgan fingerprint density at radius 3 is 2.67 bits per heavy atom. The third kappa shape index (κ3) is 3.57. The molecule has 0 spiro atoms. The van der Waals surface area contributed by atoms with Crippen LogP contribution in [0.3, 0.4) is 0 Å². The molecule has 0 saturated carbocycles. The van der Waals surface area contributed by atoms with Gasteiger partial charge in [0.25, 0.3) is 5.56 Å². The summed E-state index contributed by atoms with van der Waals surface area (Å²) >= 11 is 0. The summed E-state index contributed by atoms with van der Waals surface area (Å²) in [6.07, 6.45) is 0. The molecule has 0 aliphatic heterocycles. The lowest BCUT2D eigenvalue weighted by molar-refractivity contribution is -0.122. The highest BCUT2D eigenvalue weighted by Crippen LogP contribution is 2.02. The molecule has 1 heterocycles. The molecule has 0 radical (unpaired) electrons. The average molecular weight is 290 g/mol. The highest BCUT2D eigenvalue weighted by molar-refractivity contribution is 5.78. The summed E-state index contributed by atoms with van der Waals surface area (Å²) in [4.78, 5) is 38.5. The second-order valence-corrected chi connectivity index (χ2v) is 5.63. The third-order valence-electron chi connectivity index (χ3n) is 2.93. The number of hydrogen-bond acceptors (Lipinski definition) is 4. The second-order valence-electron chi connectivity index (χ2n) is 5.63. The van der Waals surface area contributed by atoms with E-state index in [2.05, 4.69) is 10.3 Å². The molecule has 0 bridgehead atoms. The van der Waals surface area contributed by atoms with Crippen molar-refractivity contribution in [2.24, 2.45) is 5.73 Å². The predicted molar refractivity (Wildman–Crippen MR) is 80.1 cm³/mol. The van der Waals surface area contributed by atoms with Crippen molar-refractivity contribution in [3.8, 4) is 0 Å². The summed E-state index contributed by atoms with van der Waals surface area (Å²) in [6, 6.07) is 6.66. The number of carbonyl (C=O) groups is 1. The van der Waals surface area contributed by atoms with E-state index in [1.54, 1.807) is 38.1 Å². The zero-order valence-corrected chi connectivity index (χ0v) is 12.0. The Labute approximate surface area is 120 Å². The summed E-state index contributed by atoms with van der Waals surface area (Å²) in [5.41, 5.74) is 4.55. The Bertz CT molecular complexity index is 783. The van der Waals surface area contributed by atoms with Crippen molar-refractivity contribution < 1.29 is 4.79 Å². The molecule has 0 unspecified atom stereocenters. The number of rotatable bonds is 4. The summed E-state index contributed by atoms with van der Waals surface area (Å²) in [5, 5.41) is 2.96. The van der Waals surface area contributed by atoms with Crippen molar-refractivity contribution >= 4 is 16.8 Å². The molecule has 7 heteroatoms. The van der Waals surface area contributed by atoms with Gasteiger partial charge in [-0.15, -0.1) is 0 Å². The molecule has 1 amide bonds. The normalized spacial score (nSPS) is 11.6. The standard InChI is InChI=1S/C14H18N4O3/c1-14(2,15)8-16-11(19)7-18-12(20)9-5-3-4-6-10(9)17-13(18)21/h3-6H,7-8,15H2,1-2H3,(H,16,19)(H,17,21). The number of amides is 1. The van der Waals surface area contributed by atoms with Crippen LogP contribution in [-0.4, -0.2) is 27.5 Å². The first-order valence-corrected chi connectivity index (χ1v) is 6.55. The fourth-order valence-corrected chi connectivity index (χ4v) is 1.87. The van der Waals surface area contributed by atoms with Gasteiger partial charge in [0.2, 0.25) is 5.91 Å². The third-order valence-corrected chi connectivity index (χ3v) is 2.93. The zero-order chi connectivity index (χ0) is 15.6. The lowest BCUT2D eigenvalue weighted by atomic mass is 10.1. The van der Waals surface area contributed by atoms with E-state index in [9.17, 15) is 14.4 Å². The number of para-hydroxylation sites is 1. The number of H-pyrrole nitrogens is 1. The maximum atomic E-state index is 12.2. The van der Waals surface area contributed by atoms with Crippen LogP contribution in [-0.2, 0) is 11.3 Å². The Kier molecular flexibility index (Phi) is 3.95. The number of carbonyl (C=O) groups excluding carboxylic acids is 1. The molecule has 0 saturated heterocycles. The minimum Gasteiger partial charge on any atom is -0.353 e.